The molecule has 11 heavy (non-hydrogen) atoms. The van der Waals surface area contributed by atoms with Crippen LogP contribution in [0.1, 0.15) is 6.92 Å². The van der Waals surface area contributed by atoms with Crippen molar-refractivity contribution in [2.45, 2.75) is 6.92 Å². The van der Waals surface area contributed by atoms with Gasteiger partial charge in [0.2, 0.25) is 0 Å². The summed E-state index contributed by atoms with van der Waals surface area (Å²) >= 11 is 2.08. The standard InChI is InChI=1S/C6H5.C2H4O2.Li/c1-2-4-6-5-3-1;1-2(3)4;/h1-5H;1H3,(H,3,4);. The molecule has 0 aliphatic heterocycles. The van der Waals surface area contributed by atoms with Gasteiger partial charge in [-0.1, -0.05) is 0 Å². The molecule has 0 heterocycles. The van der Waals surface area contributed by atoms with Crippen LogP contribution in [0.5, 0.6) is 0 Å². The molecule has 0 spiro atoms. The van der Waals surface area contributed by atoms with Crippen LogP contribution in [0.15, 0.2) is 30.3 Å². The summed E-state index contributed by atoms with van der Waals surface area (Å²) < 4.78 is 1.32. The summed E-state index contributed by atoms with van der Waals surface area (Å²) in [6, 6.07) is 10.3. The van der Waals surface area contributed by atoms with Crippen molar-refractivity contribution in [3.05, 3.63) is 30.3 Å². The van der Waals surface area contributed by atoms with Crippen LogP contribution < -0.4 is 4.24 Å². The maximum absolute atomic E-state index is 9.00. The zero-order valence-electron chi connectivity index (χ0n) is 6.74. The number of hydrogen-bond acceptors (Lipinski definition) is 1. The second-order valence-electron chi connectivity index (χ2n) is 2.17. The van der Waals surface area contributed by atoms with Crippen LogP contribution in [0, 0.1) is 0 Å². The first-order chi connectivity index (χ1) is 5.13. The molecule has 54 valence electrons. The minimum absolute atomic E-state index is 0.833. The molecule has 0 fully saturated rings. The van der Waals surface area contributed by atoms with Crippen LogP contribution in [0.4, 0.5) is 0 Å². The number of carboxylic acid groups (broad SMARTS) is 1. The third-order valence-corrected chi connectivity index (χ3v) is 0.940. The van der Waals surface area contributed by atoms with Crippen molar-refractivity contribution in [3.8, 4) is 0 Å². The fourth-order valence-corrected chi connectivity index (χ4v) is 0.534. The van der Waals surface area contributed by atoms with E-state index >= 15 is 0 Å². The average molecular weight is 144 g/mol. The predicted molar refractivity (Wildman–Crippen MR) is 45.1 cm³/mol. The van der Waals surface area contributed by atoms with E-state index in [1.807, 2.05) is 18.2 Å². The third kappa shape index (κ3) is 9.29. The van der Waals surface area contributed by atoms with E-state index in [0.717, 1.165) is 6.92 Å². The van der Waals surface area contributed by atoms with Crippen molar-refractivity contribution >= 4 is 27.9 Å². The van der Waals surface area contributed by atoms with Gasteiger partial charge in [0.15, 0.2) is 0 Å². The van der Waals surface area contributed by atoms with Crippen LogP contribution in [0.25, 0.3) is 0 Å². The summed E-state index contributed by atoms with van der Waals surface area (Å²) in [5.41, 5.74) is 0. The summed E-state index contributed by atoms with van der Waals surface area (Å²) in [5, 5.41) is 7.42. The van der Waals surface area contributed by atoms with Gasteiger partial charge in [0.05, 0.1) is 0 Å². The van der Waals surface area contributed by atoms with Crippen molar-refractivity contribution in [2.24, 2.45) is 0 Å². The molecule has 0 atom stereocenters. The molecule has 0 aliphatic carbocycles. The van der Waals surface area contributed by atoms with Gasteiger partial charge in [0.1, 0.15) is 0 Å². The van der Waals surface area contributed by atoms with Gasteiger partial charge in [-0.2, -0.15) is 0 Å². The fourth-order valence-electron chi connectivity index (χ4n) is 0.534. The summed E-state index contributed by atoms with van der Waals surface area (Å²) in [7, 11) is 0. The van der Waals surface area contributed by atoms with E-state index in [4.69, 9.17) is 9.90 Å². The van der Waals surface area contributed by atoms with Crippen LogP contribution in [0.2, 0.25) is 0 Å². The Balaban J connectivity index is 0.000000218. The van der Waals surface area contributed by atoms with Gasteiger partial charge >= 0.3 is 52.3 Å². The van der Waals surface area contributed by atoms with Gasteiger partial charge < -0.3 is 5.11 Å². The molecule has 0 amide bonds. The monoisotopic (exact) mass is 144 g/mol. The van der Waals surface area contributed by atoms with Crippen LogP contribution in [-0.2, 0) is 4.79 Å². The Hall–Kier alpha value is -0.713. The van der Waals surface area contributed by atoms with E-state index in [1.54, 1.807) is 0 Å². The molecule has 1 N–H and O–H groups in total. The Morgan fingerprint density at radius 3 is 1.91 bits per heavy atom. The normalized spacial score (nSPS) is 7.91. The van der Waals surface area contributed by atoms with Gasteiger partial charge in [0, 0.05) is 6.92 Å². The molecule has 0 saturated heterocycles. The van der Waals surface area contributed by atoms with Crippen LogP contribution >= 0.6 is 0 Å². The van der Waals surface area contributed by atoms with Crippen molar-refractivity contribution in [2.75, 3.05) is 0 Å². The van der Waals surface area contributed by atoms with Crippen molar-refractivity contribution in [1.29, 1.82) is 0 Å². The first-order valence-corrected chi connectivity index (χ1v) is 3.34. The second-order valence-corrected chi connectivity index (χ2v) is 2.17. The summed E-state index contributed by atoms with van der Waals surface area (Å²) in [6.07, 6.45) is 0. The van der Waals surface area contributed by atoms with Gasteiger partial charge in [-0.15, -0.1) is 0 Å². The van der Waals surface area contributed by atoms with Crippen molar-refractivity contribution in [1.82, 2.24) is 0 Å². The molecule has 1 aromatic carbocycles. The second kappa shape index (κ2) is 6.03. The van der Waals surface area contributed by atoms with E-state index < -0.39 is 5.97 Å². The minimum atomic E-state index is -0.833. The number of carboxylic acids is 1. The van der Waals surface area contributed by atoms with E-state index in [0.29, 0.717) is 0 Å². The molecule has 0 aliphatic rings. The molecule has 0 radical (unpaired) electrons. The molecule has 1 aromatic rings. The Labute approximate surface area is 75.4 Å². The SMILES string of the molecule is CC(=O)O.[Li][c]1ccccc1. The Bertz CT molecular complexity index is 205. The average Bonchev–Trinajstić information content (AvgIpc) is 1.87. The van der Waals surface area contributed by atoms with E-state index in [2.05, 4.69) is 29.8 Å². The topological polar surface area (TPSA) is 37.3 Å². The number of carbonyl (C=O) groups is 1. The van der Waals surface area contributed by atoms with E-state index in [9.17, 15) is 0 Å². The molecule has 1 rings (SSSR count). The maximum atomic E-state index is 9.00. The van der Waals surface area contributed by atoms with Gasteiger partial charge in [0.25, 0.3) is 5.97 Å². The quantitative estimate of drug-likeness (QED) is 0.540. The number of rotatable bonds is 0. The molecule has 3 heteroatoms. The first kappa shape index (κ1) is 10.3. The van der Waals surface area contributed by atoms with Crippen LogP contribution in [0.3, 0.4) is 0 Å². The summed E-state index contributed by atoms with van der Waals surface area (Å²) in [5.74, 6) is -0.833. The van der Waals surface area contributed by atoms with Crippen LogP contribution in [-0.4, -0.2) is 28.8 Å². The molecule has 0 unspecified atom stereocenters. The number of hydrogen-bond donors (Lipinski definition) is 1. The predicted octanol–water partition coefficient (Wildman–Crippen LogP) is 0.571. The molecule has 0 aromatic heterocycles. The summed E-state index contributed by atoms with van der Waals surface area (Å²) in [6.45, 7) is 1.08. The zero-order valence-corrected chi connectivity index (χ0v) is 6.74. The van der Waals surface area contributed by atoms with Gasteiger partial charge in [-0.05, 0) is 0 Å². The Morgan fingerprint density at radius 2 is 1.73 bits per heavy atom. The Kier molecular flexibility index (Phi) is 5.64. The molecular weight excluding hydrogens is 135 g/mol. The summed E-state index contributed by atoms with van der Waals surface area (Å²) in [4.78, 5) is 9.00. The number of aliphatic carboxylic acids is 1. The molecular formula is C8H9LiO2. The molecule has 0 saturated carbocycles. The third-order valence-electron chi connectivity index (χ3n) is 0.940. The molecule has 2 nitrogen and oxygen atoms in total. The first-order valence-electron chi connectivity index (χ1n) is 3.34. The van der Waals surface area contributed by atoms with Crippen molar-refractivity contribution in [3.63, 3.8) is 0 Å². The van der Waals surface area contributed by atoms with E-state index in [-0.39, 0.29) is 0 Å². The zero-order chi connectivity index (χ0) is 8.69. The fraction of sp³-hybridized carbons (Fsp3) is 0.125. The van der Waals surface area contributed by atoms with Gasteiger partial charge in [-0.25, -0.2) is 0 Å². The van der Waals surface area contributed by atoms with E-state index in [1.165, 1.54) is 4.24 Å². The molecule has 0 bridgehead atoms. The number of benzene rings is 1. The van der Waals surface area contributed by atoms with Gasteiger partial charge in [-0.3, -0.25) is 4.79 Å². The Morgan fingerprint density at radius 1 is 1.36 bits per heavy atom. The van der Waals surface area contributed by atoms with Crippen molar-refractivity contribution < 1.29 is 9.90 Å².